The van der Waals surface area contributed by atoms with Gasteiger partial charge in [0.25, 0.3) is 5.78 Å². The number of carbonyl (C=O) groups excluding carboxylic acids is 3. The molecule has 1 fully saturated rings. The number of ketones is 1. The summed E-state index contributed by atoms with van der Waals surface area (Å²) in [4.78, 5) is 42.1. The highest BCUT2D eigenvalue weighted by Crippen LogP contribution is 2.28. The van der Waals surface area contributed by atoms with Crippen molar-refractivity contribution in [1.82, 2.24) is 15.1 Å². The molecule has 2 aliphatic heterocycles. The summed E-state index contributed by atoms with van der Waals surface area (Å²) in [6.45, 7) is 8.72. The standard InChI is InChI=1S/C19H26N4O3/c1-14(2)11-20-17(24)12-21-7-9-22(10-8-21)13-23-16-6-4-3-5-15(16)18(25)19(23)26/h3-6,14H,7-13H2,1-2H3,(H,20,24). The summed E-state index contributed by atoms with van der Waals surface area (Å²) in [6.07, 6.45) is 0. The fraction of sp³-hybridized carbons (Fsp3) is 0.526. The molecule has 3 rings (SSSR count). The molecule has 0 aromatic heterocycles. The number of rotatable bonds is 6. The second-order valence-electron chi connectivity index (χ2n) is 7.31. The summed E-state index contributed by atoms with van der Waals surface area (Å²) in [7, 11) is 0. The first-order valence-corrected chi connectivity index (χ1v) is 9.12. The highest BCUT2D eigenvalue weighted by molar-refractivity contribution is 6.52. The predicted molar refractivity (Wildman–Crippen MR) is 99.0 cm³/mol. The first-order valence-electron chi connectivity index (χ1n) is 9.12. The summed E-state index contributed by atoms with van der Waals surface area (Å²) >= 11 is 0. The molecule has 26 heavy (non-hydrogen) atoms. The lowest BCUT2D eigenvalue weighted by molar-refractivity contribution is -0.122. The van der Waals surface area contributed by atoms with Crippen LogP contribution in [0.4, 0.5) is 5.69 Å². The number of piperazine rings is 1. The number of Topliss-reactive ketones (excluding diaryl/α,β-unsaturated/α-hetero) is 1. The number of amides is 2. The number of hydrogen-bond acceptors (Lipinski definition) is 5. The molecule has 0 unspecified atom stereocenters. The van der Waals surface area contributed by atoms with E-state index in [1.165, 1.54) is 0 Å². The summed E-state index contributed by atoms with van der Waals surface area (Å²) < 4.78 is 0. The average Bonchev–Trinajstić information content (AvgIpc) is 2.87. The van der Waals surface area contributed by atoms with E-state index in [2.05, 4.69) is 29.0 Å². The molecule has 2 aliphatic rings. The SMILES string of the molecule is CC(C)CNC(=O)CN1CCN(CN2C(=O)C(=O)c3ccccc32)CC1. The van der Waals surface area contributed by atoms with Crippen molar-refractivity contribution >= 4 is 23.3 Å². The van der Waals surface area contributed by atoms with Gasteiger partial charge in [-0.15, -0.1) is 0 Å². The number of anilines is 1. The third kappa shape index (κ3) is 4.11. The summed E-state index contributed by atoms with van der Waals surface area (Å²) in [5, 5.41) is 2.94. The second kappa shape index (κ2) is 7.97. The summed E-state index contributed by atoms with van der Waals surface area (Å²) in [5.41, 5.74) is 1.18. The zero-order chi connectivity index (χ0) is 18.7. The lowest BCUT2D eigenvalue weighted by Crippen LogP contribution is -2.52. The van der Waals surface area contributed by atoms with Crippen LogP contribution in [-0.2, 0) is 9.59 Å². The number of para-hydroxylation sites is 1. The zero-order valence-electron chi connectivity index (χ0n) is 15.4. The highest BCUT2D eigenvalue weighted by atomic mass is 16.2. The molecule has 1 saturated heterocycles. The first-order chi connectivity index (χ1) is 12.5. The molecular weight excluding hydrogens is 332 g/mol. The zero-order valence-corrected chi connectivity index (χ0v) is 15.4. The molecule has 0 atom stereocenters. The van der Waals surface area contributed by atoms with Crippen LogP contribution in [0.5, 0.6) is 0 Å². The Morgan fingerprint density at radius 2 is 1.73 bits per heavy atom. The molecule has 1 aromatic rings. The van der Waals surface area contributed by atoms with Crippen molar-refractivity contribution in [3.8, 4) is 0 Å². The minimum Gasteiger partial charge on any atom is -0.355 e. The molecule has 140 valence electrons. The molecule has 2 heterocycles. The van der Waals surface area contributed by atoms with Gasteiger partial charge in [-0.1, -0.05) is 26.0 Å². The smallest absolute Gasteiger partial charge is 0.300 e. The topological polar surface area (TPSA) is 73.0 Å². The minimum atomic E-state index is -0.457. The number of nitrogens with zero attached hydrogens (tertiary/aromatic N) is 3. The van der Waals surface area contributed by atoms with Crippen molar-refractivity contribution in [3.05, 3.63) is 29.8 Å². The molecule has 0 spiro atoms. The predicted octanol–water partition coefficient (Wildman–Crippen LogP) is 0.563. The van der Waals surface area contributed by atoms with Crippen molar-refractivity contribution in [2.45, 2.75) is 13.8 Å². The normalized spacial score (nSPS) is 18.5. The Morgan fingerprint density at radius 3 is 2.42 bits per heavy atom. The number of benzene rings is 1. The lowest BCUT2D eigenvalue weighted by Gasteiger charge is -2.36. The largest absolute Gasteiger partial charge is 0.355 e. The Hall–Kier alpha value is -2.25. The Bertz CT molecular complexity index is 696. The third-order valence-electron chi connectivity index (χ3n) is 4.76. The van der Waals surface area contributed by atoms with Gasteiger partial charge in [-0.05, 0) is 18.1 Å². The molecule has 1 aromatic carbocycles. The Morgan fingerprint density at radius 1 is 1.08 bits per heavy atom. The van der Waals surface area contributed by atoms with Gasteiger partial charge in [0, 0.05) is 32.7 Å². The van der Waals surface area contributed by atoms with E-state index >= 15 is 0 Å². The van der Waals surface area contributed by atoms with Crippen molar-refractivity contribution < 1.29 is 14.4 Å². The van der Waals surface area contributed by atoms with Crippen LogP contribution < -0.4 is 10.2 Å². The molecule has 0 aliphatic carbocycles. The van der Waals surface area contributed by atoms with Gasteiger partial charge >= 0.3 is 5.91 Å². The van der Waals surface area contributed by atoms with E-state index in [1.807, 2.05) is 12.1 Å². The molecular formula is C19H26N4O3. The van der Waals surface area contributed by atoms with E-state index in [1.54, 1.807) is 17.0 Å². The van der Waals surface area contributed by atoms with Gasteiger partial charge in [0.15, 0.2) is 0 Å². The van der Waals surface area contributed by atoms with Crippen molar-refractivity contribution in [2.75, 3.05) is 50.8 Å². The molecule has 1 N–H and O–H groups in total. The van der Waals surface area contributed by atoms with Crippen LogP contribution in [0.2, 0.25) is 0 Å². The Kier molecular flexibility index (Phi) is 5.68. The quantitative estimate of drug-likeness (QED) is 0.753. The van der Waals surface area contributed by atoms with Gasteiger partial charge in [0.1, 0.15) is 0 Å². The van der Waals surface area contributed by atoms with Gasteiger partial charge < -0.3 is 5.32 Å². The molecule has 0 radical (unpaired) electrons. The minimum absolute atomic E-state index is 0.0568. The third-order valence-corrected chi connectivity index (χ3v) is 4.76. The average molecular weight is 358 g/mol. The molecule has 0 bridgehead atoms. The Balaban J connectivity index is 1.50. The van der Waals surface area contributed by atoms with Gasteiger partial charge in [-0.2, -0.15) is 0 Å². The van der Waals surface area contributed by atoms with E-state index in [0.29, 0.717) is 36.9 Å². The van der Waals surface area contributed by atoms with E-state index in [-0.39, 0.29) is 5.91 Å². The summed E-state index contributed by atoms with van der Waals surface area (Å²) in [6, 6.07) is 7.12. The van der Waals surface area contributed by atoms with Crippen molar-refractivity contribution in [2.24, 2.45) is 5.92 Å². The van der Waals surface area contributed by atoms with E-state index in [9.17, 15) is 14.4 Å². The van der Waals surface area contributed by atoms with Crippen LogP contribution in [0.25, 0.3) is 0 Å². The number of carbonyl (C=O) groups is 3. The van der Waals surface area contributed by atoms with Crippen molar-refractivity contribution in [1.29, 1.82) is 0 Å². The maximum absolute atomic E-state index is 12.3. The lowest BCUT2D eigenvalue weighted by atomic mass is 10.1. The molecule has 0 saturated carbocycles. The van der Waals surface area contributed by atoms with Crippen LogP contribution in [0.3, 0.4) is 0 Å². The highest BCUT2D eigenvalue weighted by Gasteiger charge is 2.36. The molecule has 7 heteroatoms. The maximum atomic E-state index is 12.3. The molecule has 7 nitrogen and oxygen atoms in total. The van der Waals surface area contributed by atoms with E-state index in [4.69, 9.17) is 0 Å². The number of hydrogen-bond donors (Lipinski definition) is 1. The van der Waals surface area contributed by atoms with Crippen LogP contribution in [0.15, 0.2) is 24.3 Å². The van der Waals surface area contributed by atoms with Gasteiger partial charge in [0.2, 0.25) is 5.91 Å². The van der Waals surface area contributed by atoms with Crippen LogP contribution in [0.1, 0.15) is 24.2 Å². The van der Waals surface area contributed by atoms with Crippen LogP contribution in [0, 0.1) is 5.92 Å². The maximum Gasteiger partial charge on any atom is 0.300 e. The van der Waals surface area contributed by atoms with E-state index < -0.39 is 11.7 Å². The van der Waals surface area contributed by atoms with Gasteiger partial charge in [-0.3, -0.25) is 29.1 Å². The van der Waals surface area contributed by atoms with Crippen molar-refractivity contribution in [3.63, 3.8) is 0 Å². The van der Waals surface area contributed by atoms with Crippen LogP contribution >= 0.6 is 0 Å². The number of fused-ring (bicyclic) bond motifs is 1. The number of nitrogens with one attached hydrogen (secondary N) is 1. The monoisotopic (exact) mass is 358 g/mol. The first kappa shape index (κ1) is 18.5. The summed E-state index contributed by atoms with van der Waals surface area (Å²) in [5.74, 6) is -0.386. The van der Waals surface area contributed by atoms with Gasteiger partial charge in [-0.25, -0.2) is 0 Å². The van der Waals surface area contributed by atoms with Gasteiger partial charge in [0.05, 0.1) is 24.5 Å². The van der Waals surface area contributed by atoms with Crippen LogP contribution in [-0.4, -0.2) is 73.3 Å². The second-order valence-corrected chi connectivity index (χ2v) is 7.31. The molecule has 2 amide bonds. The van der Waals surface area contributed by atoms with E-state index in [0.717, 1.165) is 26.2 Å². The fourth-order valence-corrected chi connectivity index (χ4v) is 3.25. The Labute approximate surface area is 153 Å². The fourth-order valence-electron chi connectivity index (χ4n) is 3.25.